The summed E-state index contributed by atoms with van der Waals surface area (Å²) in [5.74, 6) is -0.0168. The van der Waals surface area contributed by atoms with Crippen molar-refractivity contribution in [1.82, 2.24) is 4.90 Å². The molecule has 0 spiro atoms. The monoisotopic (exact) mass is 357 g/mol. The molecule has 21 heavy (non-hydrogen) atoms. The highest BCUT2D eigenvalue weighted by molar-refractivity contribution is 9.10. The zero-order valence-electron chi connectivity index (χ0n) is 12.7. The van der Waals surface area contributed by atoms with Crippen LogP contribution in [0.1, 0.15) is 45.1 Å². The van der Waals surface area contributed by atoms with Gasteiger partial charge >= 0.3 is 6.09 Å². The Morgan fingerprint density at radius 3 is 2.48 bits per heavy atom. The van der Waals surface area contributed by atoms with E-state index in [9.17, 15) is 9.18 Å². The fourth-order valence-corrected chi connectivity index (χ4v) is 2.87. The first-order valence-corrected chi connectivity index (χ1v) is 7.98. The van der Waals surface area contributed by atoms with Crippen molar-refractivity contribution in [2.45, 2.75) is 45.1 Å². The Bertz CT molecular complexity index is 519. The Balaban J connectivity index is 1.95. The number of ether oxygens (including phenoxy) is 1. The average molecular weight is 358 g/mol. The van der Waals surface area contributed by atoms with E-state index in [-0.39, 0.29) is 17.8 Å². The molecular weight excluding hydrogens is 337 g/mol. The van der Waals surface area contributed by atoms with Crippen LogP contribution in [0, 0.1) is 5.82 Å². The van der Waals surface area contributed by atoms with Gasteiger partial charge < -0.3 is 9.64 Å². The second-order valence-electron chi connectivity index (χ2n) is 6.41. The van der Waals surface area contributed by atoms with E-state index in [0.29, 0.717) is 13.1 Å². The van der Waals surface area contributed by atoms with Gasteiger partial charge in [-0.2, -0.15) is 0 Å². The third-order valence-electron chi connectivity index (χ3n) is 3.55. The fourth-order valence-electron chi connectivity index (χ4n) is 2.53. The zero-order valence-corrected chi connectivity index (χ0v) is 14.2. The van der Waals surface area contributed by atoms with Gasteiger partial charge in [-0.3, -0.25) is 0 Å². The summed E-state index contributed by atoms with van der Waals surface area (Å²) >= 11 is 3.27. The predicted molar refractivity (Wildman–Crippen MR) is 83.9 cm³/mol. The number of benzene rings is 1. The topological polar surface area (TPSA) is 29.5 Å². The van der Waals surface area contributed by atoms with Gasteiger partial charge in [-0.1, -0.05) is 22.0 Å². The van der Waals surface area contributed by atoms with Crippen LogP contribution in [-0.2, 0) is 4.74 Å². The number of carbonyl (C=O) groups is 1. The molecule has 1 aliphatic heterocycles. The smallest absolute Gasteiger partial charge is 0.410 e. The predicted octanol–water partition coefficient (Wildman–Crippen LogP) is 4.70. The molecule has 0 radical (unpaired) electrons. The summed E-state index contributed by atoms with van der Waals surface area (Å²) in [7, 11) is 0. The van der Waals surface area contributed by atoms with Gasteiger partial charge in [-0.15, -0.1) is 0 Å². The van der Waals surface area contributed by atoms with Crippen LogP contribution in [0.15, 0.2) is 22.7 Å². The molecule has 3 nitrogen and oxygen atoms in total. The van der Waals surface area contributed by atoms with Gasteiger partial charge in [-0.25, -0.2) is 9.18 Å². The van der Waals surface area contributed by atoms with E-state index in [1.165, 1.54) is 6.07 Å². The van der Waals surface area contributed by atoms with Crippen molar-refractivity contribution in [3.8, 4) is 0 Å². The van der Waals surface area contributed by atoms with E-state index in [2.05, 4.69) is 15.9 Å². The summed E-state index contributed by atoms with van der Waals surface area (Å²) in [6.45, 7) is 6.78. The molecule has 1 fully saturated rings. The summed E-state index contributed by atoms with van der Waals surface area (Å²) in [4.78, 5) is 13.7. The number of hydrogen-bond donors (Lipinski definition) is 0. The molecule has 0 bridgehead atoms. The van der Waals surface area contributed by atoms with Crippen LogP contribution >= 0.6 is 15.9 Å². The molecule has 0 atom stereocenters. The highest BCUT2D eigenvalue weighted by Crippen LogP contribution is 2.31. The van der Waals surface area contributed by atoms with Crippen molar-refractivity contribution in [2.24, 2.45) is 0 Å². The number of rotatable bonds is 1. The number of hydrogen-bond acceptors (Lipinski definition) is 2. The van der Waals surface area contributed by atoms with Crippen LogP contribution < -0.4 is 0 Å². The highest BCUT2D eigenvalue weighted by Gasteiger charge is 2.28. The van der Waals surface area contributed by atoms with Crippen molar-refractivity contribution in [1.29, 1.82) is 0 Å². The average Bonchev–Trinajstić information content (AvgIpc) is 2.37. The van der Waals surface area contributed by atoms with Gasteiger partial charge in [0.25, 0.3) is 0 Å². The number of amides is 1. The van der Waals surface area contributed by atoms with Gasteiger partial charge in [0.2, 0.25) is 0 Å². The van der Waals surface area contributed by atoms with Crippen LogP contribution in [0.4, 0.5) is 9.18 Å². The normalized spacial score (nSPS) is 16.9. The molecule has 1 aromatic carbocycles. The van der Waals surface area contributed by atoms with Gasteiger partial charge in [0.05, 0.1) is 0 Å². The minimum Gasteiger partial charge on any atom is -0.444 e. The highest BCUT2D eigenvalue weighted by atomic mass is 79.9. The lowest BCUT2D eigenvalue weighted by Gasteiger charge is -2.33. The van der Waals surface area contributed by atoms with Crippen LogP contribution in [0.3, 0.4) is 0 Å². The zero-order chi connectivity index (χ0) is 15.6. The molecular formula is C16H21BrFNO2. The minimum atomic E-state index is -0.480. The standard InChI is InChI=1S/C16H21BrFNO2/c1-16(2,3)21-15(20)19-8-6-11(7-9-19)13-5-4-12(17)10-14(13)18/h4-5,10-11H,6-9H2,1-3H3. The van der Waals surface area contributed by atoms with Crippen molar-refractivity contribution in [3.63, 3.8) is 0 Å². The van der Waals surface area contributed by atoms with E-state index in [0.717, 1.165) is 22.9 Å². The Labute approximate surface area is 133 Å². The minimum absolute atomic E-state index is 0.164. The van der Waals surface area contributed by atoms with Crippen LogP contribution in [0.2, 0.25) is 0 Å². The third-order valence-corrected chi connectivity index (χ3v) is 4.04. The SMILES string of the molecule is CC(C)(C)OC(=O)N1CCC(c2ccc(Br)cc2F)CC1. The summed E-state index contributed by atoms with van der Waals surface area (Å²) in [6, 6.07) is 5.18. The van der Waals surface area contributed by atoms with E-state index in [4.69, 9.17) is 4.74 Å². The van der Waals surface area contributed by atoms with E-state index >= 15 is 0 Å². The summed E-state index contributed by atoms with van der Waals surface area (Å²) < 4.78 is 20.1. The molecule has 1 aliphatic rings. The van der Waals surface area contributed by atoms with Gasteiger partial charge in [0.15, 0.2) is 0 Å². The Hall–Kier alpha value is -1.10. The first-order valence-electron chi connectivity index (χ1n) is 7.19. The molecule has 1 heterocycles. The maximum atomic E-state index is 14.0. The van der Waals surface area contributed by atoms with E-state index in [1.54, 1.807) is 4.90 Å². The maximum absolute atomic E-state index is 14.0. The van der Waals surface area contributed by atoms with Crippen LogP contribution in [0.5, 0.6) is 0 Å². The number of piperidine rings is 1. The Morgan fingerprint density at radius 2 is 1.95 bits per heavy atom. The van der Waals surface area contributed by atoms with Crippen LogP contribution in [-0.4, -0.2) is 29.7 Å². The molecule has 0 unspecified atom stereocenters. The molecule has 1 saturated heterocycles. The van der Waals surface area contributed by atoms with Crippen molar-refractivity contribution < 1.29 is 13.9 Å². The molecule has 116 valence electrons. The molecule has 0 N–H and O–H groups in total. The number of carbonyl (C=O) groups excluding carboxylic acids is 1. The number of halogens is 2. The number of likely N-dealkylation sites (tertiary alicyclic amines) is 1. The first-order chi connectivity index (χ1) is 9.76. The third kappa shape index (κ3) is 4.43. The molecule has 0 aliphatic carbocycles. The second kappa shape index (κ2) is 6.34. The lowest BCUT2D eigenvalue weighted by molar-refractivity contribution is 0.0204. The molecule has 2 rings (SSSR count). The van der Waals surface area contributed by atoms with E-state index in [1.807, 2.05) is 32.9 Å². The molecule has 5 heteroatoms. The first kappa shape index (κ1) is 16.3. The fraction of sp³-hybridized carbons (Fsp3) is 0.562. The summed E-state index contributed by atoms with van der Waals surface area (Å²) in [5.41, 5.74) is 0.258. The Morgan fingerprint density at radius 1 is 1.33 bits per heavy atom. The summed E-state index contributed by atoms with van der Waals surface area (Å²) in [5, 5.41) is 0. The van der Waals surface area contributed by atoms with Gasteiger partial charge in [0, 0.05) is 17.6 Å². The van der Waals surface area contributed by atoms with Gasteiger partial charge in [-0.05, 0) is 57.2 Å². The maximum Gasteiger partial charge on any atom is 0.410 e. The van der Waals surface area contributed by atoms with Crippen molar-refractivity contribution >= 4 is 22.0 Å². The van der Waals surface area contributed by atoms with Gasteiger partial charge in [0.1, 0.15) is 11.4 Å². The Kier molecular flexibility index (Phi) is 4.91. The number of nitrogens with zero attached hydrogens (tertiary/aromatic N) is 1. The molecule has 1 aromatic rings. The lowest BCUT2D eigenvalue weighted by Crippen LogP contribution is -2.41. The summed E-state index contributed by atoms with van der Waals surface area (Å²) in [6.07, 6.45) is 1.24. The molecule has 0 saturated carbocycles. The van der Waals surface area contributed by atoms with Crippen molar-refractivity contribution in [2.75, 3.05) is 13.1 Å². The molecule has 0 aromatic heterocycles. The quantitative estimate of drug-likeness (QED) is 0.728. The largest absolute Gasteiger partial charge is 0.444 e. The van der Waals surface area contributed by atoms with Crippen molar-refractivity contribution in [3.05, 3.63) is 34.1 Å². The lowest BCUT2D eigenvalue weighted by atomic mass is 9.89. The molecule has 1 amide bonds. The van der Waals surface area contributed by atoms with E-state index < -0.39 is 5.60 Å². The van der Waals surface area contributed by atoms with Crippen LogP contribution in [0.25, 0.3) is 0 Å². The second-order valence-corrected chi connectivity index (χ2v) is 7.32.